The number of rotatable bonds is 4. The zero-order valence-corrected chi connectivity index (χ0v) is 12.0. The third-order valence-electron chi connectivity index (χ3n) is 3.81. The molecule has 2 heterocycles. The Morgan fingerprint density at radius 3 is 3.00 bits per heavy atom. The summed E-state index contributed by atoms with van der Waals surface area (Å²) < 4.78 is 15.2. The van der Waals surface area contributed by atoms with Crippen LogP contribution in [0.4, 0.5) is 4.39 Å². The molecular weight excluding hydrogens is 267 g/mol. The molecule has 1 unspecified atom stereocenters. The number of hydrogen-bond acceptors (Lipinski definition) is 3. The van der Waals surface area contributed by atoms with Gasteiger partial charge < -0.3 is 5.32 Å². The molecule has 4 nitrogen and oxygen atoms in total. The first-order valence-electron chi connectivity index (χ1n) is 6.88. The summed E-state index contributed by atoms with van der Waals surface area (Å²) in [6.45, 7) is 2.00. The largest absolute Gasteiger partial charge is 0.313 e. The van der Waals surface area contributed by atoms with Gasteiger partial charge in [0.25, 0.3) is 0 Å². The van der Waals surface area contributed by atoms with Gasteiger partial charge >= 0.3 is 0 Å². The van der Waals surface area contributed by atoms with Crippen molar-refractivity contribution in [1.29, 1.82) is 0 Å². The molecule has 21 heavy (non-hydrogen) atoms. The summed E-state index contributed by atoms with van der Waals surface area (Å²) in [6.07, 6.45) is 7.86. The van der Waals surface area contributed by atoms with Crippen molar-refractivity contribution in [2.45, 2.75) is 19.4 Å². The van der Waals surface area contributed by atoms with Gasteiger partial charge in [0.05, 0.1) is 17.9 Å². The summed E-state index contributed by atoms with van der Waals surface area (Å²) in [5, 5.41) is 7.62. The Morgan fingerprint density at radius 1 is 1.33 bits per heavy atom. The lowest BCUT2D eigenvalue weighted by Gasteiger charge is -2.16. The number of nitrogens with one attached hydrogen (secondary N) is 1. The van der Waals surface area contributed by atoms with Gasteiger partial charge in [-0.1, -0.05) is 6.07 Å². The van der Waals surface area contributed by atoms with E-state index < -0.39 is 0 Å². The fraction of sp³-hybridized carbons (Fsp3) is 0.250. The van der Waals surface area contributed by atoms with Crippen LogP contribution in [0.15, 0.2) is 43.0 Å². The number of aryl methyl sites for hydroxylation is 1. The first-order valence-corrected chi connectivity index (χ1v) is 6.88. The lowest BCUT2D eigenvalue weighted by atomic mass is 9.97. The van der Waals surface area contributed by atoms with Gasteiger partial charge in [-0.3, -0.25) is 4.98 Å². The third-order valence-corrected chi connectivity index (χ3v) is 3.81. The second-order valence-corrected chi connectivity index (χ2v) is 5.12. The van der Waals surface area contributed by atoms with Crippen LogP contribution in [0.2, 0.25) is 0 Å². The quantitative estimate of drug-likeness (QED) is 0.801. The molecule has 0 amide bonds. The molecule has 5 heteroatoms. The van der Waals surface area contributed by atoms with Gasteiger partial charge in [-0.05, 0) is 43.7 Å². The summed E-state index contributed by atoms with van der Waals surface area (Å²) in [7, 11) is 1.90. The predicted octanol–water partition coefficient (Wildman–Crippen LogP) is 2.68. The van der Waals surface area contributed by atoms with Gasteiger partial charge in [0, 0.05) is 24.0 Å². The van der Waals surface area contributed by atoms with E-state index in [1.54, 1.807) is 23.0 Å². The van der Waals surface area contributed by atoms with E-state index in [1.807, 2.05) is 32.4 Å². The average Bonchev–Trinajstić information content (AvgIpc) is 2.92. The van der Waals surface area contributed by atoms with Crippen LogP contribution in [0, 0.1) is 12.7 Å². The van der Waals surface area contributed by atoms with Crippen LogP contribution in [-0.4, -0.2) is 21.6 Å². The fourth-order valence-electron chi connectivity index (χ4n) is 2.57. The van der Waals surface area contributed by atoms with Crippen molar-refractivity contribution in [3.05, 3.63) is 65.5 Å². The molecule has 0 bridgehead atoms. The van der Waals surface area contributed by atoms with Crippen LogP contribution >= 0.6 is 0 Å². The van der Waals surface area contributed by atoms with Crippen molar-refractivity contribution in [2.75, 3.05) is 7.05 Å². The summed E-state index contributed by atoms with van der Waals surface area (Å²) in [4.78, 5) is 4.15. The molecular formula is C16H17FN4. The minimum atomic E-state index is -0.202. The molecule has 108 valence electrons. The highest BCUT2D eigenvalue weighted by Gasteiger charge is 2.16. The van der Waals surface area contributed by atoms with Crippen molar-refractivity contribution < 1.29 is 4.39 Å². The van der Waals surface area contributed by atoms with Crippen LogP contribution in [-0.2, 0) is 6.42 Å². The van der Waals surface area contributed by atoms with Crippen molar-refractivity contribution in [3.63, 3.8) is 0 Å². The van der Waals surface area contributed by atoms with Gasteiger partial charge in [-0.25, -0.2) is 8.91 Å². The highest BCUT2D eigenvalue weighted by atomic mass is 19.1. The van der Waals surface area contributed by atoms with E-state index >= 15 is 0 Å². The van der Waals surface area contributed by atoms with Gasteiger partial charge in [-0.2, -0.15) is 5.10 Å². The Bertz CT molecular complexity index is 766. The molecule has 0 aliphatic carbocycles. The topological polar surface area (TPSA) is 42.2 Å². The smallest absolute Gasteiger partial charge is 0.123 e. The molecule has 0 radical (unpaired) electrons. The molecule has 0 aliphatic heterocycles. The molecule has 3 rings (SSSR count). The molecule has 0 aliphatic rings. The molecule has 1 atom stereocenters. The first-order chi connectivity index (χ1) is 10.2. The van der Waals surface area contributed by atoms with E-state index in [0.717, 1.165) is 22.2 Å². The van der Waals surface area contributed by atoms with Crippen LogP contribution < -0.4 is 5.32 Å². The van der Waals surface area contributed by atoms with Gasteiger partial charge in [0.1, 0.15) is 5.82 Å². The van der Waals surface area contributed by atoms with E-state index in [9.17, 15) is 4.39 Å². The van der Waals surface area contributed by atoms with Gasteiger partial charge in [0.15, 0.2) is 0 Å². The van der Waals surface area contributed by atoms with Crippen molar-refractivity contribution in [3.8, 4) is 0 Å². The zero-order valence-electron chi connectivity index (χ0n) is 12.0. The molecule has 2 aromatic heterocycles. The van der Waals surface area contributed by atoms with E-state index in [-0.39, 0.29) is 11.9 Å². The maximum Gasteiger partial charge on any atom is 0.123 e. The second kappa shape index (κ2) is 5.61. The molecule has 0 spiro atoms. The highest BCUT2D eigenvalue weighted by molar-refractivity contribution is 5.53. The number of hydrogen-bond donors (Lipinski definition) is 1. The summed E-state index contributed by atoms with van der Waals surface area (Å²) in [5.41, 5.74) is 4.11. The second-order valence-electron chi connectivity index (χ2n) is 5.12. The lowest BCUT2D eigenvalue weighted by Crippen LogP contribution is -2.19. The molecule has 1 aromatic carbocycles. The van der Waals surface area contributed by atoms with E-state index in [0.29, 0.717) is 6.42 Å². The molecule has 0 saturated heterocycles. The fourth-order valence-corrected chi connectivity index (χ4v) is 2.57. The lowest BCUT2D eigenvalue weighted by molar-refractivity contribution is 0.585. The molecule has 3 aromatic rings. The van der Waals surface area contributed by atoms with Crippen molar-refractivity contribution >= 4 is 5.52 Å². The Balaban J connectivity index is 1.97. The normalized spacial score (nSPS) is 12.7. The molecule has 1 N–H and O–H groups in total. The van der Waals surface area contributed by atoms with Crippen molar-refractivity contribution in [1.82, 2.24) is 19.9 Å². The Morgan fingerprint density at radius 2 is 2.19 bits per heavy atom. The summed E-state index contributed by atoms with van der Waals surface area (Å²) >= 11 is 0. The number of aromatic nitrogens is 3. The minimum absolute atomic E-state index is 0.0622. The number of likely N-dealkylation sites (N-methyl/N-ethyl adjacent to an activating group) is 1. The van der Waals surface area contributed by atoms with Crippen LogP contribution in [0.3, 0.4) is 0 Å². The standard InChI is InChI=1S/C16H17FN4/c1-11-3-4-13(17)7-12(11)8-15(18-2)14-9-20-21-6-5-19-10-16(14)21/h3-7,9-10,15,18H,8H2,1-2H3. The number of fused-ring (bicyclic) bond motifs is 1. The monoisotopic (exact) mass is 284 g/mol. The van der Waals surface area contributed by atoms with Crippen LogP contribution in [0.1, 0.15) is 22.7 Å². The number of nitrogens with zero attached hydrogens (tertiary/aromatic N) is 3. The first kappa shape index (κ1) is 13.7. The molecule has 0 fully saturated rings. The molecule has 0 saturated carbocycles. The SMILES string of the molecule is CNC(Cc1cc(F)ccc1C)c1cnn2ccncc12. The average molecular weight is 284 g/mol. The van der Waals surface area contributed by atoms with Gasteiger partial charge in [-0.15, -0.1) is 0 Å². The summed E-state index contributed by atoms with van der Waals surface area (Å²) in [6, 6.07) is 4.97. The maximum atomic E-state index is 13.5. The van der Waals surface area contributed by atoms with Gasteiger partial charge in [0.2, 0.25) is 0 Å². The Hall–Kier alpha value is -2.27. The highest BCUT2D eigenvalue weighted by Crippen LogP contribution is 2.24. The zero-order chi connectivity index (χ0) is 14.8. The minimum Gasteiger partial charge on any atom is -0.313 e. The van der Waals surface area contributed by atoms with Crippen LogP contribution in [0.5, 0.6) is 0 Å². The number of benzene rings is 1. The van der Waals surface area contributed by atoms with E-state index in [4.69, 9.17) is 0 Å². The van der Waals surface area contributed by atoms with E-state index in [1.165, 1.54) is 6.07 Å². The number of halogens is 1. The Kier molecular flexibility index (Phi) is 3.66. The summed E-state index contributed by atoms with van der Waals surface area (Å²) in [5.74, 6) is -0.202. The Labute approximate surface area is 122 Å². The van der Waals surface area contributed by atoms with Crippen molar-refractivity contribution in [2.24, 2.45) is 0 Å². The third kappa shape index (κ3) is 2.64. The predicted molar refractivity (Wildman–Crippen MR) is 79.6 cm³/mol. The van der Waals surface area contributed by atoms with Crippen LogP contribution in [0.25, 0.3) is 5.52 Å². The maximum absolute atomic E-state index is 13.5. The van der Waals surface area contributed by atoms with E-state index in [2.05, 4.69) is 15.4 Å².